The molecule has 3 rings (SSSR count). The summed E-state index contributed by atoms with van der Waals surface area (Å²) in [6.07, 6.45) is 6.68. The van der Waals surface area contributed by atoms with Crippen molar-refractivity contribution >= 4 is 30.7 Å². The van der Waals surface area contributed by atoms with E-state index in [9.17, 15) is 4.79 Å². The number of hydrogen-bond donors (Lipinski definition) is 2. The van der Waals surface area contributed by atoms with E-state index in [1.54, 1.807) is 7.11 Å². The molecular weight excluding hydrogens is 385 g/mol. The van der Waals surface area contributed by atoms with Crippen LogP contribution < -0.4 is 15.4 Å². The van der Waals surface area contributed by atoms with Crippen LogP contribution in [0.15, 0.2) is 24.3 Å². The Labute approximate surface area is 175 Å². The number of methoxy groups -OCH3 is 1. The van der Waals surface area contributed by atoms with Crippen LogP contribution in [0, 0.1) is 0 Å². The number of rotatable bonds is 7. The van der Waals surface area contributed by atoms with Gasteiger partial charge in [-0.05, 0) is 63.0 Å². The molecule has 2 N–H and O–H groups in total. The van der Waals surface area contributed by atoms with E-state index in [4.69, 9.17) is 4.74 Å². The summed E-state index contributed by atoms with van der Waals surface area (Å²) >= 11 is 0. The lowest BCUT2D eigenvalue weighted by atomic mass is 10.0. The van der Waals surface area contributed by atoms with Crippen molar-refractivity contribution in [2.24, 2.45) is 0 Å². The van der Waals surface area contributed by atoms with Gasteiger partial charge in [0.25, 0.3) is 0 Å². The van der Waals surface area contributed by atoms with Gasteiger partial charge in [-0.1, -0.05) is 18.6 Å². The van der Waals surface area contributed by atoms with Crippen molar-refractivity contribution in [3.8, 4) is 5.75 Å². The number of amides is 1. The Balaban J connectivity index is 0.00000182. The van der Waals surface area contributed by atoms with Gasteiger partial charge in [0.1, 0.15) is 5.75 Å². The third-order valence-electron chi connectivity index (χ3n) is 5.42. The van der Waals surface area contributed by atoms with Gasteiger partial charge >= 0.3 is 0 Å². The fourth-order valence-electron chi connectivity index (χ4n) is 3.95. The first-order valence-corrected chi connectivity index (χ1v) is 9.64. The highest BCUT2D eigenvalue weighted by Gasteiger charge is 2.24. The van der Waals surface area contributed by atoms with E-state index in [0.717, 1.165) is 31.8 Å². The average Bonchev–Trinajstić information content (AvgIpc) is 3.16. The topological polar surface area (TPSA) is 53.6 Å². The maximum absolute atomic E-state index is 12.3. The van der Waals surface area contributed by atoms with Gasteiger partial charge < -0.3 is 15.4 Å². The van der Waals surface area contributed by atoms with Crippen LogP contribution in [0.3, 0.4) is 0 Å². The second-order valence-corrected chi connectivity index (χ2v) is 7.19. The summed E-state index contributed by atoms with van der Waals surface area (Å²) in [6.45, 7) is 3.94. The molecule has 0 spiro atoms. The molecule has 2 unspecified atom stereocenters. The second kappa shape index (κ2) is 12.4. The largest absolute Gasteiger partial charge is 0.497 e. The van der Waals surface area contributed by atoms with Gasteiger partial charge in [0, 0.05) is 19.0 Å². The zero-order valence-electron chi connectivity index (χ0n) is 16.1. The van der Waals surface area contributed by atoms with Gasteiger partial charge in [-0.3, -0.25) is 9.69 Å². The number of benzene rings is 1. The maximum Gasteiger partial charge on any atom is 0.221 e. The predicted molar refractivity (Wildman–Crippen MR) is 114 cm³/mol. The Hall–Kier alpha value is -1.01. The Morgan fingerprint density at radius 3 is 2.48 bits per heavy atom. The number of halogens is 2. The van der Waals surface area contributed by atoms with Crippen molar-refractivity contribution in [2.45, 2.75) is 50.6 Å². The average molecular weight is 418 g/mol. The highest BCUT2D eigenvalue weighted by atomic mass is 35.5. The van der Waals surface area contributed by atoms with Crippen LogP contribution in [-0.4, -0.2) is 50.1 Å². The lowest BCUT2D eigenvalue weighted by Gasteiger charge is -2.35. The first-order valence-electron chi connectivity index (χ1n) is 9.64. The molecule has 27 heavy (non-hydrogen) atoms. The molecule has 2 fully saturated rings. The van der Waals surface area contributed by atoms with Crippen LogP contribution in [0.5, 0.6) is 5.75 Å². The van der Waals surface area contributed by atoms with Gasteiger partial charge in [-0.25, -0.2) is 0 Å². The van der Waals surface area contributed by atoms with Crippen molar-refractivity contribution < 1.29 is 9.53 Å². The second-order valence-electron chi connectivity index (χ2n) is 7.19. The third kappa shape index (κ3) is 7.15. The van der Waals surface area contributed by atoms with E-state index < -0.39 is 0 Å². The van der Waals surface area contributed by atoms with Crippen molar-refractivity contribution in [2.75, 3.05) is 33.3 Å². The molecule has 1 amide bonds. The highest BCUT2D eigenvalue weighted by molar-refractivity contribution is 5.85. The molecular formula is C20H33Cl2N3O2. The van der Waals surface area contributed by atoms with Crippen molar-refractivity contribution in [1.29, 1.82) is 0 Å². The smallest absolute Gasteiger partial charge is 0.221 e. The van der Waals surface area contributed by atoms with Crippen molar-refractivity contribution in [3.05, 3.63) is 29.8 Å². The molecule has 2 aliphatic heterocycles. The summed E-state index contributed by atoms with van der Waals surface area (Å²) in [6, 6.07) is 8.87. The summed E-state index contributed by atoms with van der Waals surface area (Å²) in [7, 11) is 1.69. The number of hydrogen-bond acceptors (Lipinski definition) is 4. The van der Waals surface area contributed by atoms with E-state index in [1.807, 2.05) is 12.1 Å². The lowest BCUT2D eigenvalue weighted by Crippen LogP contribution is -2.41. The van der Waals surface area contributed by atoms with E-state index in [2.05, 4.69) is 27.7 Å². The molecule has 2 heterocycles. The summed E-state index contributed by atoms with van der Waals surface area (Å²) in [5.41, 5.74) is 1.25. The van der Waals surface area contributed by atoms with Crippen LogP contribution >= 0.6 is 24.8 Å². The highest BCUT2D eigenvalue weighted by Crippen LogP contribution is 2.26. The van der Waals surface area contributed by atoms with E-state index in [-0.39, 0.29) is 36.8 Å². The normalized spacial score (nSPS) is 20.9. The minimum Gasteiger partial charge on any atom is -0.497 e. The third-order valence-corrected chi connectivity index (χ3v) is 5.42. The van der Waals surface area contributed by atoms with Crippen LogP contribution in [0.2, 0.25) is 0 Å². The number of ether oxygens (including phenoxy) is 1. The summed E-state index contributed by atoms with van der Waals surface area (Å²) in [5, 5.41) is 6.58. The van der Waals surface area contributed by atoms with Gasteiger partial charge in [0.2, 0.25) is 5.91 Å². The van der Waals surface area contributed by atoms with Gasteiger partial charge in [0.15, 0.2) is 0 Å². The monoisotopic (exact) mass is 417 g/mol. The molecule has 0 aromatic heterocycles. The Kier molecular flexibility index (Phi) is 11.1. The number of carbonyl (C=O) groups excluding carboxylic acids is 1. The van der Waals surface area contributed by atoms with E-state index in [0.29, 0.717) is 19.0 Å². The molecule has 2 atom stereocenters. The molecule has 1 aromatic carbocycles. The molecule has 7 heteroatoms. The molecule has 2 saturated heterocycles. The number of carbonyl (C=O) groups is 1. The SMILES string of the molecule is COc1ccc(C(CNC(=O)CC2CCCN2)N2CCCCC2)cc1.Cl.Cl. The van der Waals surface area contributed by atoms with E-state index >= 15 is 0 Å². The molecule has 5 nitrogen and oxygen atoms in total. The van der Waals surface area contributed by atoms with Crippen LogP contribution in [0.1, 0.15) is 50.1 Å². The first-order chi connectivity index (χ1) is 12.3. The number of piperidine rings is 1. The zero-order chi connectivity index (χ0) is 17.5. The Morgan fingerprint density at radius 2 is 1.89 bits per heavy atom. The minimum atomic E-state index is 0. The standard InChI is InChI=1S/C20H31N3O2.2ClH/c1-25-18-9-7-16(8-10-18)19(23-12-3-2-4-13-23)15-22-20(24)14-17-6-5-11-21-17;;/h7-10,17,19,21H,2-6,11-15H2,1H3,(H,22,24);2*1H. The zero-order valence-corrected chi connectivity index (χ0v) is 17.7. The molecule has 154 valence electrons. The van der Waals surface area contributed by atoms with Crippen LogP contribution in [-0.2, 0) is 4.79 Å². The first kappa shape index (κ1) is 24.0. The lowest BCUT2D eigenvalue weighted by molar-refractivity contribution is -0.121. The number of likely N-dealkylation sites (tertiary alicyclic amines) is 1. The fourth-order valence-corrected chi connectivity index (χ4v) is 3.95. The number of nitrogens with one attached hydrogen (secondary N) is 2. The van der Waals surface area contributed by atoms with Gasteiger partial charge in [0.05, 0.1) is 13.2 Å². The van der Waals surface area contributed by atoms with E-state index in [1.165, 1.54) is 31.2 Å². The quantitative estimate of drug-likeness (QED) is 0.714. The summed E-state index contributed by atoms with van der Waals surface area (Å²) < 4.78 is 5.28. The maximum atomic E-state index is 12.3. The summed E-state index contributed by atoms with van der Waals surface area (Å²) in [4.78, 5) is 14.8. The molecule has 0 aliphatic carbocycles. The molecule has 0 saturated carbocycles. The molecule has 0 radical (unpaired) electrons. The molecule has 0 bridgehead atoms. The fraction of sp³-hybridized carbons (Fsp3) is 0.650. The van der Waals surface area contributed by atoms with Crippen LogP contribution in [0.25, 0.3) is 0 Å². The van der Waals surface area contributed by atoms with Gasteiger partial charge in [-0.15, -0.1) is 24.8 Å². The number of nitrogens with zero attached hydrogens (tertiary/aromatic N) is 1. The summed E-state index contributed by atoms with van der Waals surface area (Å²) in [5.74, 6) is 1.03. The molecule has 1 aromatic rings. The predicted octanol–water partition coefficient (Wildman–Crippen LogP) is 3.32. The van der Waals surface area contributed by atoms with Crippen LogP contribution in [0.4, 0.5) is 0 Å². The molecule has 2 aliphatic rings. The Morgan fingerprint density at radius 1 is 1.19 bits per heavy atom. The van der Waals surface area contributed by atoms with Crippen molar-refractivity contribution in [3.63, 3.8) is 0 Å². The Bertz CT molecular complexity index is 545. The van der Waals surface area contributed by atoms with Crippen molar-refractivity contribution in [1.82, 2.24) is 15.5 Å². The minimum absolute atomic E-state index is 0. The van der Waals surface area contributed by atoms with Gasteiger partial charge in [-0.2, -0.15) is 0 Å².